The summed E-state index contributed by atoms with van der Waals surface area (Å²) in [6, 6.07) is 16.4. The average Bonchev–Trinajstić information content (AvgIpc) is 3.04. The van der Waals surface area contributed by atoms with E-state index in [1.165, 1.54) is 51.4 Å². The molecule has 5 rings (SSSR count). The van der Waals surface area contributed by atoms with Crippen molar-refractivity contribution in [3.8, 4) is 22.3 Å². The SMILES string of the molecule is C/C=C/CCC1CCC(C2CCC(c3ccc(-c4ccc(-c5ccc(CCCCC)c(F)c5F)cc4)cc3F)CC2)CC1. The Morgan fingerprint density at radius 1 is 0.698 bits per heavy atom. The topological polar surface area (TPSA) is 0 Å². The molecule has 3 aromatic rings. The normalized spacial score (nSPS) is 22.7. The van der Waals surface area contributed by atoms with Crippen LogP contribution in [-0.4, -0.2) is 0 Å². The maximum absolute atomic E-state index is 15.4. The molecule has 230 valence electrons. The molecule has 3 heteroatoms. The van der Waals surface area contributed by atoms with E-state index in [2.05, 4.69) is 26.0 Å². The van der Waals surface area contributed by atoms with Gasteiger partial charge in [0.25, 0.3) is 0 Å². The summed E-state index contributed by atoms with van der Waals surface area (Å²) in [7, 11) is 0. The van der Waals surface area contributed by atoms with Gasteiger partial charge in [0.05, 0.1) is 0 Å². The molecular formula is C40H49F3. The van der Waals surface area contributed by atoms with Crippen molar-refractivity contribution < 1.29 is 13.2 Å². The average molecular weight is 587 g/mol. The van der Waals surface area contributed by atoms with Gasteiger partial charge < -0.3 is 0 Å². The summed E-state index contributed by atoms with van der Waals surface area (Å²) >= 11 is 0. The Kier molecular flexibility index (Phi) is 11.2. The lowest BCUT2D eigenvalue weighted by molar-refractivity contribution is 0.156. The molecule has 2 aliphatic carbocycles. The van der Waals surface area contributed by atoms with Crippen LogP contribution in [0.2, 0.25) is 0 Å². The van der Waals surface area contributed by atoms with Crippen LogP contribution in [0.4, 0.5) is 13.2 Å². The van der Waals surface area contributed by atoms with Gasteiger partial charge in [0, 0.05) is 5.56 Å². The van der Waals surface area contributed by atoms with Gasteiger partial charge in [0.1, 0.15) is 5.82 Å². The molecule has 0 spiro atoms. The van der Waals surface area contributed by atoms with Crippen LogP contribution in [0.1, 0.15) is 114 Å². The largest absolute Gasteiger partial charge is 0.207 e. The first-order chi connectivity index (χ1) is 21.0. The van der Waals surface area contributed by atoms with E-state index in [4.69, 9.17) is 0 Å². The molecule has 0 aliphatic heterocycles. The van der Waals surface area contributed by atoms with E-state index in [0.29, 0.717) is 23.5 Å². The van der Waals surface area contributed by atoms with Gasteiger partial charge in [-0.3, -0.25) is 0 Å². The zero-order chi connectivity index (χ0) is 30.2. The van der Waals surface area contributed by atoms with Gasteiger partial charge in [-0.1, -0.05) is 93.3 Å². The molecule has 0 N–H and O–H groups in total. The number of allylic oxidation sites excluding steroid dienone is 2. The minimum absolute atomic E-state index is 0.126. The highest BCUT2D eigenvalue weighted by Gasteiger charge is 2.32. The molecule has 2 saturated carbocycles. The zero-order valence-corrected chi connectivity index (χ0v) is 26.2. The molecule has 0 amide bonds. The van der Waals surface area contributed by atoms with Crippen molar-refractivity contribution in [3.63, 3.8) is 0 Å². The maximum atomic E-state index is 15.4. The van der Waals surface area contributed by atoms with Crippen LogP contribution in [0, 0.1) is 35.2 Å². The van der Waals surface area contributed by atoms with Crippen LogP contribution in [-0.2, 0) is 6.42 Å². The number of rotatable bonds is 11. The number of aryl methyl sites for hydroxylation is 1. The van der Waals surface area contributed by atoms with E-state index >= 15 is 4.39 Å². The van der Waals surface area contributed by atoms with Gasteiger partial charge in [-0.25, -0.2) is 13.2 Å². The summed E-state index contributed by atoms with van der Waals surface area (Å²) in [5.41, 5.74) is 3.85. The first kappa shape index (κ1) is 31.6. The number of hydrogen-bond donors (Lipinski definition) is 0. The highest BCUT2D eigenvalue weighted by molar-refractivity contribution is 5.71. The van der Waals surface area contributed by atoms with Crippen molar-refractivity contribution >= 4 is 0 Å². The quantitative estimate of drug-likeness (QED) is 0.155. The van der Waals surface area contributed by atoms with Gasteiger partial charge in [-0.15, -0.1) is 0 Å². The van der Waals surface area contributed by atoms with Gasteiger partial charge in [-0.05, 0) is 129 Å². The molecule has 0 aromatic heterocycles. The van der Waals surface area contributed by atoms with Gasteiger partial charge >= 0.3 is 0 Å². The number of hydrogen-bond acceptors (Lipinski definition) is 0. The van der Waals surface area contributed by atoms with Gasteiger partial charge in [0.2, 0.25) is 0 Å². The lowest BCUT2D eigenvalue weighted by atomic mass is 9.68. The maximum Gasteiger partial charge on any atom is 0.166 e. The molecular weight excluding hydrogens is 537 g/mol. The number of halogens is 3. The Morgan fingerprint density at radius 2 is 1.35 bits per heavy atom. The molecule has 3 aromatic carbocycles. The Hall–Kier alpha value is -2.81. The Labute approximate surface area is 257 Å². The molecule has 0 nitrogen and oxygen atoms in total. The predicted molar refractivity (Wildman–Crippen MR) is 175 cm³/mol. The minimum Gasteiger partial charge on any atom is -0.207 e. The summed E-state index contributed by atoms with van der Waals surface area (Å²) in [4.78, 5) is 0. The monoisotopic (exact) mass is 586 g/mol. The molecule has 0 saturated heterocycles. The van der Waals surface area contributed by atoms with Gasteiger partial charge in [-0.2, -0.15) is 0 Å². The Morgan fingerprint density at radius 3 is 2.00 bits per heavy atom. The second-order valence-corrected chi connectivity index (χ2v) is 13.2. The van der Waals surface area contributed by atoms with Crippen molar-refractivity contribution in [2.45, 2.75) is 110 Å². The molecule has 0 radical (unpaired) electrons. The Balaban J connectivity index is 1.17. The van der Waals surface area contributed by atoms with E-state index in [9.17, 15) is 8.78 Å². The van der Waals surface area contributed by atoms with Crippen LogP contribution in [0.5, 0.6) is 0 Å². The lowest BCUT2D eigenvalue weighted by Crippen LogP contribution is -2.25. The Bertz CT molecular complexity index is 1340. The summed E-state index contributed by atoms with van der Waals surface area (Å²) in [6.45, 7) is 4.20. The van der Waals surface area contributed by atoms with E-state index in [1.807, 2.05) is 24.3 Å². The first-order valence-corrected chi connectivity index (χ1v) is 17.0. The lowest BCUT2D eigenvalue weighted by Gasteiger charge is -2.38. The second-order valence-electron chi connectivity index (χ2n) is 13.2. The summed E-state index contributed by atoms with van der Waals surface area (Å²) in [6.07, 6.45) is 20.6. The van der Waals surface area contributed by atoms with E-state index in [-0.39, 0.29) is 11.4 Å². The molecule has 0 unspecified atom stereocenters. The fraction of sp³-hybridized carbons (Fsp3) is 0.500. The zero-order valence-electron chi connectivity index (χ0n) is 26.2. The van der Waals surface area contributed by atoms with E-state index in [0.717, 1.165) is 66.5 Å². The predicted octanol–water partition coefficient (Wildman–Crippen LogP) is 12.6. The smallest absolute Gasteiger partial charge is 0.166 e. The third-order valence-electron chi connectivity index (χ3n) is 10.5. The molecule has 2 aliphatic rings. The fourth-order valence-corrected chi connectivity index (χ4v) is 7.80. The summed E-state index contributed by atoms with van der Waals surface area (Å²) in [5, 5.41) is 0. The van der Waals surface area contributed by atoms with E-state index in [1.54, 1.807) is 30.3 Å². The van der Waals surface area contributed by atoms with Crippen LogP contribution in [0.3, 0.4) is 0 Å². The minimum atomic E-state index is -0.792. The highest BCUT2D eigenvalue weighted by Crippen LogP contribution is 2.45. The highest BCUT2D eigenvalue weighted by atomic mass is 19.2. The van der Waals surface area contributed by atoms with Crippen LogP contribution in [0.25, 0.3) is 22.3 Å². The third kappa shape index (κ3) is 7.83. The third-order valence-corrected chi connectivity index (χ3v) is 10.5. The number of unbranched alkanes of at least 4 members (excludes halogenated alkanes) is 2. The molecule has 2 fully saturated rings. The second kappa shape index (κ2) is 15.3. The number of benzene rings is 3. The van der Waals surface area contributed by atoms with Crippen molar-refractivity contribution in [1.82, 2.24) is 0 Å². The summed E-state index contributed by atoms with van der Waals surface area (Å²) in [5.74, 6) is 1.22. The standard InChI is InChI=1S/C40H49F3/c1-3-5-7-9-28-11-13-29(14-12-28)30-15-19-32(20-16-30)36-25-24-35(27-38(36)41)31-17-21-33(22-18-31)37-26-23-34(10-8-6-4-2)39(42)40(37)43/h3,5,17-18,21-30,32H,4,6-16,19-20H2,1-2H3/b5-3+. The molecule has 43 heavy (non-hydrogen) atoms. The van der Waals surface area contributed by atoms with Crippen molar-refractivity contribution in [1.29, 1.82) is 0 Å². The molecule has 0 bridgehead atoms. The van der Waals surface area contributed by atoms with E-state index < -0.39 is 11.6 Å². The van der Waals surface area contributed by atoms with Crippen LogP contribution >= 0.6 is 0 Å². The molecule has 0 atom stereocenters. The van der Waals surface area contributed by atoms with Gasteiger partial charge in [0.15, 0.2) is 11.6 Å². The van der Waals surface area contributed by atoms with Crippen LogP contribution < -0.4 is 0 Å². The van der Waals surface area contributed by atoms with Crippen molar-refractivity contribution in [2.24, 2.45) is 17.8 Å². The fourth-order valence-electron chi connectivity index (χ4n) is 7.80. The van der Waals surface area contributed by atoms with Crippen molar-refractivity contribution in [3.05, 3.63) is 95.3 Å². The van der Waals surface area contributed by atoms with Crippen LogP contribution in [0.15, 0.2) is 66.7 Å². The molecule has 0 heterocycles. The first-order valence-electron chi connectivity index (χ1n) is 17.0. The van der Waals surface area contributed by atoms with Crippen molar-refractivity contribution in [2.75, 3.05) is 0 Å². The summed E-state index contributed by atoms with van der Waals surface area (Å²) < 4.78 is 45.1.